The Labute approximate surface area is 111 Å². The lowest BCUT2D eigenvalue weighted by Crippen LogP contribution is -2.13. The van der Waals surface area contributed by atoms with Crippen LogP contribution in [0.2, 0.25) is 0 Å². The van der Waals surface area contributed by atoms with Crippen LogP contribution < -0.4 is 5.73 Å². The maximum absolute atomic E-state index is 12.2. The molecular formula is C13H19NO3S. The van der Waals surface area contributed by atoms with Crippen molar-refractivity contribution in [3.8, 4) is 0 Å². The summed E-state index contributed by atoms with van der Waals surface area (Å²) in [5.41, 5.74) is 7.10. The van der Waals surface area contributed by atoms with E-state index in [-0.39, 0.29) is 17.6 Å². The Morgan fingerprint density at radius 3 is 2.17 bits per heavy atom. The molecule has 1 heterocycles. The number of ketones is 1. The van der Waals surface area contributed by atoms with Crippen LogP contribution in [-0.4, -0.2) is 18.9 Å². The molecule has 4 nitrogen and oxygen atoms in total. The molecule has 0 fully saturated rings. The van der Waals surface area contributed by atoms with Crippen LogP contribution in [0.15, 0.2) is 0 Å². The first-order valence-corrected chi connectivity index (χ1v) is 6.67. The summed E-state index contributed by atoms with van der Waals surface area (Å²) in [4.78, 5) is 24.3. The number of nitrogens with two attached hydrogens (primary N) is 1. The van der Waals surface area contributed by atoms with Gasteiger partial charge in [-0.05, 0) is 11.5 Å². The lowest BCUT2D eigenvalue weighted by Gasteiger charge is -2.11. The van der Waals surface area contributed by atoms with E-state index in [9.17, 15) is 9.59 Å². The van der Waals surface area contributed by atoms with Crippen LogP contribution in [0.3, 0.4) is 0 Å². The third-order valence-corrected chi connectivity index (χ3v) is 3.71. The second-order valence-corrected chi connectivity index (χ2v) is 5.80. The number of thiophene rings is 1. The first kappa shape index (κ1) is 14.7. The van der Waals surface area contributed by atoms with Gasteiger partial charge in [-0.25, -0.2) is 4.79 Å². The minimum absolute atomic E-state index is 0.0254. The molecule has 1 aromatic rings. The monoisotopic (exact) mass is 269 g/mol. The zero-order valence-electron chi connectivity index (χ0n) is 11.4. The molecule has 18 heavy (non-hydrogen) atoms. The number of anilines is 1. The average molecular weight is 269 g/mol. The summed E-state index contributed by atoms with van der Waals surface area (Å²) in [5.74, 6) is -0.559. The first-order valence-electron chi connectivity index (χ1n) is 5.85. The van der Waals surface area contributed by atoms with Crippen LogP contribution in [-0.2, 0) is 4.74 Å². The van der Waals surface area contributed by atoms with E-state index < -0.39 is 5.97 Å². The highest BCUT2D eigenvalue weighted by Crippen LogP contribution is 2.37. The van der Waals surface area contributed by atoms with Gasteiger partial charge in [0.2, 0.25) is 0 Å². The summed E-state index contributed by atoms with van der Waals surface area (Å²) >= 11 is 1.13. The van der Waals surface area contributed by atoms with Gasteiger partial charge in [0.25, 0.3) is 0 Å². The molecule has 0 atom stereocenters. The molecule has 100 valence electrons. The number of carbonyl (C=O) groups is 2. The van der Waals surface area contributed by atoms with Gasteiger partial charge < -0.3 is 10.5 Å². The molecule has 0 bridgehead atoms. The molecule has 1 rings (SSSR count). The maximum Gasteiger partial charge on any atom is 0.348 e. The minimum Gasteiger partial charge on any atom is -0.465 e. The molecule has 0 aliphatic carbocycles. The lowest BCUT2D eigenvalue weighted by molar-refractivity contribution is 0.0604. The van der Waals surface area contributed by atoms with Gasteiger partial charge in [0, 0.05) is 5.92 Å². The van der Waals surface area contributed by atoms with E-state index in [2.05, 4.69) is 0 Å². The van der Waals surface area contributed by atoms with E-state index in [4.69, 9.17) is 10.5 Å². The van der Waals surface area contributed by atoms with Crippen molar-refractivity contribution < 1.29 is 14.3 Å². The molecule has 0 radical (unpaired) electrons. The van der Waals surface area contributed by atoms with Crippen molar-refractivity contribution in [2.24, 2.45) is 5.92 Å². The van der Waals surface area contributed by atoms with Crippen LogP contribution in [0.1, 0.15) is 59.2 Å². The third-order valence-electron chi connectivity index (χ3n) is 2.69. The Morgan fingerprint density at radius 1 is 1.22 bits per heavy atom. The number of ether oxygens (including phenoxy) is 1. The van der Waals surface area contributed by atoms with Crippen molar-refractivity contribution in [2.45, 2.75) is 33.6 Å². The average Bonchev–Trinajstić information content (AvgIpc) is 2.64. The number of esters is 1. The molecule has 0 aliphatic rings. The summed E-state index contributed by atoms with van der Waals surface area (Å²) in [6.07, 6.45) is 0. The van der Waals surface area contributed by atoms with Gasteiger partial charge in [-0.1, -0.05) is 27.7 Å². The van der Waals surface area contributed by atoms with Crippen LogP contribution in [0.4, 0.5) is 5.00 Å². The van der Waals surface area contributed by atoms with E-state index in [0.29, 0.717) is 21.0 Å². The number of rotatable bonds is 4. The van der Waals surface area contributed by atoms with Crippen molar-refractivity contribution in [3.63, 3.8) is 0 Å². The minimum atomic E-state index is -0.432. The summed E-state index contributed by atoms with van der Waals surface area (Å²) < 4.78 is 4.74. The van der Waals surface area contributed by atoms with Crippen LogP contribution in [0.25, 0.3) is 0 Å². The number of hydrogen-bond acceptors (Lipinski definition) is 5. The van der Waals surface area contributed by atoms with Gasteiger partial charge in [-0.2, -0.15) is 0 Å². The molecule has 0 saturated carbocycles. The molecule has 0 saturated heterocycles. The molecule has 0 spiro atoms. The number of hydrogen-bond donors (Lipinski definition) is 1. The van der Waals surface area contributed by atoms with Gasteiger partial charge in [0.1, 0.15) is 4.88 Å². The molecule has 0 aliphatic heterocycles. The van der Waals surface area contributed by atoms with E-state index in [1.54, 1.807) is 0 Å². The fraction of sp³-hybridized carbons (Fsp3) is 0.538. The standard InChI is InChI=1S/C13H19NO3S/c1-6(2)8-9(10(15)7(3)4)12(14)18-11(8)13(16)17-5/h6-7H,14H2,1-5H3. The predicted molar refractivity (Wildman–Crippen MR) is 73.3 cm³/mol. The molecule has 0 unspecified atom stereocenters. The largest absolute Gasteiger partial charge is 0.465 e. The molecule has 0 amide bonds. The van der Waals surface area contributed by atoms with Gasteiger partial charge in [-0.15, -0.1) is 11.3 Å². The van der Waals surface area contributed by atoms with Gasteiger partial charge in [-0.3, -0.25) is 4.79 Å². The zero-order valence-corrected chi connectivity index (χ0v) is 12.2. The fourth-order valence-corrected chi connectivity index (χ4v) is 2.95. The van der Waals surface area contributed by atoms with E-state index in [1.165, 1.54) is 7.11 Å². The van der Waals surface area contributed by atoms with Crippen molar-refractivity contribution >= 4 is 28.1 Å². The van der Waals surface area contributed by atoms with Crippen LogP contribution >= 0.6 is 11.3 Å². The highest BCUT2D eigenvalue weighted by molar-refractivity contribution is 7.18. The van der Waals surface area contributed by atoms with Crippen molar-refractivity contribution in [1.29, 1.82) is 0 Å². The maximum atomic E-state index is 12.2. The van der Waals surface area contributed by atoms with E-state index >= 15 is 0 Å². The fourth-order valence-electron chi connectivity index (χ4n) is 1.80. The Balaban J connectivity index is 3.47. The zero-order chi connectivity index (χ0) is 14.0. The molecule has 1 aromatic heterocycles. The quantitative estimate of drug-likeness (QED) is 0.673. The number of carbonyl (C=O) groups excluding carboxylic acids is 2. The Hall–Kier alpha value is -1.36. The normalized spacial score (nSPS) is 11.1. The number of nitrogen functional groups attached to an aromatic ring is 1. The first-order chi connectivity index (χ1) is 8.31. The highest BCUT2D eigenvalue weighted by Gasteiger charge is 2.28. The molecular weight excluding hydrogens is 250 g/mol. The van der Waals surface area contributed by atoms with Gasteiger partial charge in [0.15, 0.2) is 5.78 Å². The molecule has 0 aromatic carbocycles. The summed E-state index contributed by atoms with van der Waals surface area (Å²) in [6, 6.07) is 0. The Bertz CT molecular complexity index is 475. The highest BCUT2D eigenvalue weighted by atomic mass is 32.1. The lowest BCUT2D eigenvalue weighted by atomic mass is 9.92. The van der Waals surface area contributed by atoms with Crippen LogP contribution in [0.5, 0.6) is 0 Å². The summed E-state index contributed by atoms with van der Waals surface area (Å²) in [6.45, 7) is 7.51. The summed E-state index contributed by atoms with van der Waals surface area (Å²) in [7, 11) is 1.33. The third kappa shape index (κ3) is 2.56. The number of Topliss-reactive ketones (excluding diaryl/α,β-unsaturated/α-hetero) is 1. The van der Waals surface area contributed by atoms with Gasteiger partial charge >= 0.3 is 5.97 Å². The van der Waals surface area contributed by atoms with Crippen molar-refractivity contribution in [2.75, 3.05) is 12.8 Å². The van der Waals surface area contributed by atoms with Gasteiger partial charge in [0.05, 0.1) is 17.7 Å². The van der Waals surface area contributed by atoms with Crippen molar-refractivity contribution in [3.05, 3.63) is 16.0 Å². The van der Waals surface area contributed by atoms with Crippen molar-refractivity contribution in [1.82, 2.24) is 0 Å². The van der Waals surface area contributed by atoms with E-state index in [1.807, 2.05) is 27.7 Å². The second kappa shape index (κ2) is 5.52. The second-order valence-electron chi connectivity index (χ2n) is 4.75. The Kier molecular flexibility index (Phi) is 4.51. The number of methoxy groups -OCH3 is 1. The topological polar surface area (TPSA) is 69.4 Å². The SMILES string of the molecule is COC(=O)c1sc(N)c(C(=O)C(C)C)c1C(C)C. The molecule has 5 heteroatoms. The Morgan fingerprint density at radius 2 is 1.78 bits per heavy atom. The van der Waals surface area contributed by atoms with E-state index in [0.717, 1.165) is 11.3 Å². The van der Waals surface area contributed by atoms with Crippen LogP contribution in [0, 0.1) is 5.92 Å². The summed E-state index contributed by atoms with van der Waals surface area (Å²) in [5, 5.41) is 0.401. The predicted octanol–water partition coefficient (Wildman–Crippen LogP) is 3.08. The molecule has 2 N–H and O–H groups in total. The smallest absolute Gasteiger partial charge is 0.348 e.